The molecule has 1 aliphatic rings. The molecule has 0 unspecified atom stereocenters. The Bertz CT molecular complexity index is 803. The second-order valence-corrected chi connectivity index (χ2v) is 6.35. The number of anilines is 1. The van der Waals surface area contributed by atoms with Crippen molar-refractivity contribution in [1.82, 2.24) is 0 Å². The third-order valence-corrected chi connectivity index (χ3v) is 4.63. The van der Waals surface area contributed by atoms with Gasteiger partial charge in [-0.3, -0.25) is 0 Å². The van der Waals surface area contributed by atoms with Gasteiger partial charge in [-0.1, -0.05) is 0 Å². The van der Waals surface area contributed by atoms with Gasteiger partial charge in [0.2, 0.25) is 0 Å². The fourth-order valence-electron chi connectivity index (χ4n) is 2.01. The summed E-state index contributed by atoms with van der Waals surface area (Å²) in [5, 5.41) is 14.3. The molecule has 0 saturated carbocycles. The summed E-state index contributed by atoms with van der Waals surface area (Å²) in [7, 11) is 0. The predicted octanol–water partition coefficient (Wildman–Crippen LogP) is 4.32. The van der Waals surface area contributed by atoms with Crippen LogP contribution in [0.2, 0.25) is 0 Å². The molecule has 0 amide bonds. The van der Waals surface area contributed by atoms with Crippen LogP contribution in [-0.4, -0.2) is 19.5 Å². The van der Waals surface area contributed by atoms with Gasteiger partial charge < -0.3 is 0 Å². The van der Waals surface area contributed by atoms with Gasteiger partial charge >= 0.3 is 135 Å². The van der Waals surface area contributed by atoms with Gasteiger partial charge in [-0.05, 0) is 0 Å². The van der Waals surface area contributed by atoms with Crippen LogP contribution in [0.4, 0.5) is 22.7 Å². The van der Waals surface area contributed by atoms with Crippen molar-refractivity contribution in [3.8, 4) is 0 Å². The maximum absolute atomic E-state index is 11.1. The molecule has 6 nitrogen and oxygen atoms in total. The van der Waals surface area contributed by atoms with Crippen molar-refractivity contribution >= 4 is 53.2 Å². The number of hydrogen-bond acceptors (Lipinski definition) is 5. The first kappa shape index (κ1) is 14.2. The summed E-state index contributed by atoms with van der Waals surface area (Å²) in [5.74, 6) is 0. The van der Waals surface area contributed by atoms with Crippen LogP contribution in [0.3, 0.4) is 0 Å². The molecule has 1 aliphatic heterocycles. The van der Waals surface area contributed by atoms with Crippen molar-refractivity contribution in [2.24, 2.45) is 7.92 Å². The minimum atomic E-state index is -0.373. The van der Waals surface area contributed by atoms with Crippen molar-refractivity contribution in [3.05, 3.63) is 56.5 Å². The van der Waals surface area contributed by atoms with E-state index in [0.29, 0.717) is 12.1 Å². The Morgan fingerprint density at radius 2 is 2.14 bits per heavy atom. The van der Waals surface area contributed by atoms with Gasteiger partial charge in [0, 0.05) is 0 Å². The monoisotopic (exact) mass is 412 g/mol. The number of fused-ring (bicyclic) bond motifs is 1. The quantitative estimate of drug-likeness (QED) is 0.394. The van der Waals surface area contributed by atoms with Gasteiger partial charge in [0.05, 0.1) is 0 Å². The zero-order valence-corrected chi connectivity index (χ0v) is 13.9. The van der Waals surface area contributed by atoms with Crippen LogP contribution >= 0.6 is 15.9 Å². The summed E-state index contributed by atoms with van der Waals surface area (Å²) in [4.78, 5) is 10.7. The standard InChI is InChI=1S/C13H9BrN4O2Se/c14-9-4-5-12(18(19)20)8(6-9)7-15-10-2-1-3-11-13(10)17-21-16-11/h1-6,15H,7H2. The molecule has 1 N–H and O–H groups in total. The van der Waals surface area contributed by atoms with E-state index in [4.69, 9.17) is 0 Å². The first-order valence-corrected chi connectivity index (χ1v) is 8.35. The number of benzene rings is 2. The Morgan fingerprint density at radius 3 is 2.95 bits per heavy atom. The van der Waals surface area contributed by atoms with Gasteiger partial charge in [0.25, 0.3) is 0 Å². The van der Waals surface area contributed by atoms with Gasteiger partial charge in [0.15, 0.2) is 0 Å². The van der Waals surface area contributed by atoms with E-state index >= 15 is 0 Å². The molecule has 0 aliphatic carbocycles. The molecule has 1 heterocycles. The average Bonchev–Trinajstić information content (AvgIpc) is 2.93. The second-order valence-electron chi connectivity index (χ2n) is 4.32. The van der Waals surface area contributed by atoms with Crippen molar-refractivity contribution in [1.29, 1.82) is 0 Å². The Hall–Kier alpha value is -1.76. The van der Waals surface area contributed by atoms with Crippen LogP contribution in [-0.2, 0) is 6.54 Å². The van der Waals surface area contributed by atoms with Crippen LogP contribution in [0.5, 0.6) is 0 Å². The minimum absolute atomic E-state index is 0.0953. The van der Waals surface area contributed by atoms with Crippen molar-refractivity contribution in [2.45, 2.75) is 6.54 Å². The molecule has 3 rings (SSSR count). The van der Waals surface area contributed by atoms with E-state index in [1.165, 1.54) is 6.07 Å². The summed E-state index contributed by atoms with van der Waals surface area (Å²) in [6.07, 6.45) is 0. The molecule has 0 saturated heterocycles. The molecule has 2 aromatic rings. The number of nitrogens with one attached hydrogen (secondary N) is 1. The molecule has 8 heteroatoms. The Morgan fingerprint density at radius 1 is 1.29 bits per heavy atom. The molecular weight excluding hydrogens is 403 g/mol. The normalized spacial score (nSPS) is 11.9. The summed E-state index contributed by atoms with van der Waals surface area (Å²) in [6.45, 7) is 0.356. The predicted molar refractivity (Wildman–Crippen MR) is 84.5 cm³/mol. The zero-order chi connectivity index (χ0) is 14.8. The Balaban J connectivity index is 1.86. The number of halogens is 1. The summed E-state index contributed by atoms with van der Waals surface area (Å²) < 4.78 is 9.50. The molecule has 0 atom stereocenters. The fraction of sp³-hybridized carbons (Fsp3) is 0.0769. The topological polar surface area (TPSA) is 79.9 Å². The van der Waals surface area contributed by atoms with Crippen LogP contribution in [0.15, 0.2) is 48.8 Å². The van der Waals surface area contributed by atoms with Crippen LogP contribution in [0.1, 0.15) is 5.56 Å². The van der Waals surface area contributed by atoms with E-state index in [9.17, 15) is 10.1 Å². The average molecular weight is 412 g/mol. The number of nitro groups is 1. The molecule has 106 valence electrons. The van der Waals surface area contributed by atoms with E-state index in [-0.39, 0.29) is 25.2 Å². The zero-order valence-electron chi connectivity index (χ0n) is 10.6. The molecule has 2 aromatic carbocycles. The maximum atomic E-state index is 11.1. The summed E-state index contributed by atoms with van der Waals surface area (Å²) >= 11 is 3.24. The number of nitro benzene ring substituents is 1. The molecule has 0 spiro atoms. The van der Waals surface area contributed by atoms with Gasteiger partial charge in [-0.2, -0.15) is 0 Å². The molecule has 0 bridgehead atoms. The third kappa shape index (κ3) is 2.97. The molecule has 0 radical (unpaired) electrons. The third-order valence-electron chi connectivity index (χ3n) is 2.99. The molecule has 21 heavy (non-hydrogen) atoms. The summed E-state index contributed by atoms with van der Waals surface area (Å²) in [6, 6.07) is 10.6. The van der Waals surface area contributed by atoms with E-state index in [0.717, 1.165) is 21.5 Å². The van der Waals surface area contributed by atoms with Crippen LogP contribution in [0, 0.1) is 10.1 Å². The Kier molecular flexibility index (Phi) is 4.01. The molecular formula is C13H9BrN4O2Se. The molecule has 0 fully saturated rings. The Labute approximate surface area is 134 Å². The first-order valence-electron chi connectivity index (χ1n) is 6.03. The number of nitrogens with zero attached hydrogens (tertiary/aromatic N) is 3. The second kappa shape index (κ2) is 5.93. The number of hydrogen-bond donors (Lipinski definition) is 1. The molecule has 0 aromatic heterocycles. The van der Waals surface area contributed by atoms with Crippen LogP contribution in [0.25, 0.3) is 0 Å². The van der Waals surface area contributed by atoms with Crippen molar-refractivity contribution in [3.63, 3.8) is 0 Å². The van der Waals surface area contributed by atoms with Crippen molar-refractivity contribution in [2.75, 3.05) is 5.32 Å². The number of rotatable bonds is 4. The van der Waals surface area contributed by atoms with E-state index in [1.54, 1.807) is 12.1 Å². The summed E-state index contributed by atoms with van der Waals surface area (Å²) in [5.41, 5.74) is 3.29. The van der Waals surface area contributed by atoms with Gasteiger partial charge in [0.1, 0.15) is 0 Å². The van der Waals surface area contributed by atoms with Crippen molar-refractivity contribution < 1.29 is 4.92 Å². The SMILES string of the molecule is O=[N+]([O-])c1ccc(Br)cc1CNc1cccc2c1N=[Se]=N2. The van der Waals surface area contributed by atoms with Crippen LogP contribution < -0.4 is 5.32 Å². The van der Waals surface area contributed by atoms with E-state index < -0.39 is 0 Å². The fourth-order valence-corrected chi connectivity index (χ4v) is 3.57. The first-order chi connectivity index (χ1) is 10.1. The van der Waals surface area contributed by atoms with Gasteiger partial charge in [-0.25, -0.2) is 0 Å². The van der Waals surface area contributed by atoms with E-state index in [2.05, 4.69) is 29.2 Å². The van der Waals surface area contributed by atoms with Gasteiger partial charge in [-0.15, -0.1) is 0 Å². The van der Waals surface area contributed by atoms with E-state index in [1.807, 2.05) is 18.2 Å².